The van der Waals surface area contributed by atoms with E-state index in [-0.39, 0.29) is 12.1 Å². The minimum Gasteiger partial charge on any atom is -0.329 e. The molecule has 1 aromatic carbocycles. The van der Waals surface area contributed by atoms with Crippen LogP contribution < -0.4 is 5.73 Å². The van der Waals surface area contributed by atoms with Gasteiger partial charge in [-0.1, -0.05) is 18.2 Å². The van der Waals surface area contributed by atoms with Crippen molar-refractivity contribution in [1.29, 1.82) is 0 Å². The van der Waals surface area contributed by atoms with Crippen molar-refractivity contribution in [3.8, 4) is 0 Å². The molecule has 1 aromatic rings. The molecule has 1 rings (SSSR count). The van der Waals surface area contributed by atoms with Crippen molar-refractivity contribution in [1.82, 2.24) is 0 Å². The second-order valence-corrected chi connectivity index (χ2v) is 3.40. The van der Waals surface area contributed by atoms with Crippen molar-refractivity contribution in [2.75, 3.05) is 6.54 Å². The zero-order valence-corrected chi connectivity index (χ0v) is 7.81. The van der Waals surface area contributed by atoms with Crippen molar-refractivity contribution >= 4 is 0 Å². The average molecular weight is 203 g/mol. The highest BCUT2D eigenvalue weighted by molar-refractivity contribution is 5.27. The summed E-state index contributed by atoms with van der Waals surface area (Å²) in [7, 11) is 0. The van der Waals surface area contributed by atoms with E-state index >= 15 is 0 Å². The summed E-state index contributed by atoms with van der Waals surface area (Å²) in [6.45, 7) is 0.974. The predicted octanol–water partition coefficient (Wildman–Crippen LogP) is 2.31. The number of halogens is 3. The molecule has 0 saturated heterocycles. The second kappa shape index (κ2) is 4.00. The molecule has 14 heavy (non-hydrogen) atoms. The number of rotatable bonds is 3. The van der Waals surface area contributed by atoms with Gasteiger partial charge in [-0.2, -0.15) is 0 Å². The molecule has 4 heteroatoms. The fourth-order valence-corrected chi connectivity index (χ4v) is 1.24. The molecule has 1 nitrogen and oxygen atoms in total. The molecule has 0 fully saturated rings. The molecule has 0 aromatic heterocycles. The highest BCUT2D eigenvalue weighted by atomic mass is 19.3. The molecule has 1 atom stereocenters. The number of hydrogen-bond acceptors (Lipinski definition) is 1. The highest BCUT2D eigenvalue weighted by Crippen LogP contribution is 2.31. The van der Waals surface area contributed by atoms with Gasteiger partial charge in [-0.25, -0.2) is 13.2 Å². The van der Waals surface area contributed by atoms with Crippen LogP contribution in [0.25, 0.3) is 0 Å². The second-order valence-electron chi connectivity index (χ2n) is 3.40. The molecule has 78 valence electrons. The fraction of sp³-hybridized carbons (Fsp3) is 0.400. The maximum absolute atomic E-state index is 13.2. The van der Waals surface area contributed by atoms with E-state index in [0.717, 1.165) is 6.07 Å². The molecule has 0 aliphatic heterocycles. The van der Waals surface area contributed by atoms with E-state index in [1.807, 2.05) is 0 Å². The zero-order chi connectivity index (χ0) is 10.8. The van der Waals surface area contributed by atoms with Crippen LogP contribution in [0.1, 0.15) is 12.5 Å². The first kappa shape index (κ1) is 11.0. The van der Waals surface area contributed by atoms with Gasteiger partial charge in [0.2, 0.25) is 6.43 Å². The Hall–Kier alpha value is -1.03. The molecule has 0 saturated carbocycles. The third-order valence-electron chi connectivity index (χ3n) is 2.39. The maximum atomic E-state index is 13.2. The number of benzene rings is 1. The van der Waals surface area contributed by atoms with Crippen LogP contribution in [0.2, 0.25) is 0 Å². The lowest BCUT2D eigenvalue weighted by Gasteiger charge is -2.27. The standard InChI is InChI=1S/C10H12F3N/c1-10(6-14,9(12)13)7-4-2-3-5-8(7)11/h2-5,9H,6,14H2,1H3. The smallest absolute Gasteiger partial charge is 0.249 e. The Kier molecular flexibility index (Phi) is 3.16. The maximum Gasteiger partial charge on any atom is 0.249 e. The van der Waals surface area contributed by atoms with E-state index in [9.17, 15) is 13.2 Å². The molecule has 0 bridgehead atoms. The van der Waals surface area contributed by atoms with E-state index in [1.165, 1.54) is 25.1 Å². The summed E-state index contributed by atoms with van der Waals surface area (Å²) in [5.74, 6) is -0.638. The topological polar surface area (TPSA) is 26.0 Å². The fourth-order valence-electron chi connectivity index (χ4n) is 1.24. The van der Waals surface area contributed by atoms with E-state index in [2.05, 4.69) is 0 Å². The molecule has 0 aliphatic rings. The van der Waals surface area contributed by atoms with Crippen LogP contribution in [0.5, 0.6) is 0 Å². The van der Waals surface area contributed by atoms with E-state index in [4.69, 9.17) is 5.73 Å². The summed E-state index contributed by atoms with van der Waals surface area (Å²) in [4.78, 5) is 0. The SMILES string of the molecule is CC(CN)(c1ccccc1F)C(F)F. The van der Waals surface area contributed by atoms with Gasteiger partial charge in [0, 0.05) is 12.1 Å². The lowest BCUT2D eigenvalue weighted by atomic mass is 9.82. The van der Waals surface area contributed by atoms with E-state index in [0.29, 0.717) is 0 Å². The minimum absolute atomic E-state index is 0.0301. The zero-order valence-electron chi connectivity index (χ0n) is 7.81. The Morgan fingerprint density at radius 2 is 1.93 bits per heavy atom. The molecule has 0 heterocycles. The molecule has 1 unspecified atom stereocenters. The normalized spacial score (nSPS) is 15.6. The van der Waals surface area contributed by atoms with Gasteiger partial charge in [0.15, 0.2) is 0 Å². The van der Waals surface area contributed by atoms with Crippen LogP contribution in [-0.2, 0) is 5.41 Å². The van der Waals surface area contributed by atoms with Crippen LogP contribution in [0.3, 0.4) is 0 Å². The van der Waals surface area contributed by atoms with Gasteiger partial charge >= 0.3 is 0 Å². The van der Waals surface area contributed by atoms with Gasteiger partial charge < -0.3 is 5.73 Å². The first-order valence-corrected chi connectivity index (χ1v) is 4.25. The number of hydrogen-bond donors (Lipinski definition) is 1. The van der Waals surface area contributed by atoms with Crippen LogP contribution in [-0.4, -0.2) is 13.0 Å². The molecule has 0 radical (unpaired) electrons. The van der Waals surface area contributed by atoms with Crippen molar-refractivity contribution in [3.63, 3.8) is 0 Å². The third-order valence-corrected chi connectivity index (χ3v) is 2.39. The molecule has 0 amide bonds. The van der Waals surface area contributed by atoms with Crippen molar-refractivity contribution in [2.24, 2.45) is 5.73 Å². The average Bonchev–Trinajstić information content (AvgIpc) is 2.17. The quantitative estimate of drug-likeness (QED) is 0.801. The summed E-state index contributed by atoms with van der Waals surface area (Å²) in [6, 6.07) is 5.48. The number of alkyl halides is 2. The van der Waals surface area contributed by atoms with E-state index < -0.39 is 17.7 Å². The molecular formula is C10H12F3N. The number of nitrogens with two attached hydrogens (primary N) is 1. The Balaban J connectivity index is 3.19. The van der Waals surface area contributed by atoms with Crippen LogP contribution in [0, 0.1) is 5.82 Å². The highest BCUT2D eigenvalue weighted by Gasteiger charge is 2.37. The van der Waals surface area contributed by atoms with Gasteiger partial charge in [0.25, 0.3) is 0 Å². The van der Waals surface area contributed by atoms with Crippen LogP contribution in [0.15, 0.2) is 24.3 Å². The van der Waals surface area contributed by atoms with Crippen molar-refractivity contribution < 1.29 is 13.2 Å². The summed E-state index contributed by atoms with van der Waals surface area (Å²) in [6.07, 6.45) is -2.68. The first-order valence-electron chi connectivity index (χ1n) is 4.25. The third kappa shape index (κ3) is 1.75. The predicted molar refractivity (Wildman–Crippen MR) is 48.8 cm³/mol. The van der Waals surface area contributed by atoms with E-state index in [1.54, 1.807) is 0 Å². The van der Waals surface area contributed by atoms with Gasteiger partial charge in [-0.15, -0.1) is 0 Å². The lowest BCUT2D eigenvalue weighted by molar-refractivity contribution is 0.0617. The Morgan fingerprint density at radius 3 is 2.36 bits per heavy atom. The largest absolute Gasteiger partial charge is 0.329 e. The summed E-state index contributed by atoms with van der Waals surface area (Å²) in [5, 5.41) is 0. The minimum atomic E-state index is -2.68. The summed E-state index contributed by atoms with van der Waals surface area (Å²) >= 11 is 0. The summed E-state index contributed by atoms with van der Waals surface area (Å²) < 4.78 is 38.6. The van der Waals surface area contributed by atoms with Crippen molar-refractivity contribution in [3.05, 3.63) is 35.6 Å². The van der Waals surface area contributed by atoms with Crippen LogP contribution >= 0.6 is 0 Å². The Morgan fingerprint density at radius 1 is 1.36 bits per heavy atom. The van der Waals surface area contributed by atoms with Gasteiger partial charge in [0.05, 0.1) is 5.41 Å². The molecule has 2 N–H and O–H groups in total. The van der Waals surface area contributed by atoms with Gasteiger partial charge in [0.1, 0.15) is 5.82 Å². The van der Waals surface area contributed by atoms with Gasteiger partial charge in [-0.3, -0.25) is 0 Å². The Labute approximate surface area is 80.7 Å². The van der Waals surface area contributed by atoms with Crippen molar-refractivity contribution in [2.45, 2.75) is 18.8 Å². The molecular weight excluding hydrogens is 191 g/mol. The van der Waals surface area contributed by atoms with Gasteiger partial charge in [-0.05, 0) is 13.0 Å². The summed E-state index contributed by atoms with van der Waals surface area (Å²) in [5.41, 5.74) is 3.63. The first-order chi connectivity index (χ1) is 6.52. The lowest BCUT2D eigenvalue weighted by Crippen LogP contribution is -2.39. The Bertz CT molecular complexity index is 314. The monoisotopic (exact) mass is 203 g/mol. The van der Waals surface area contributed by atoms with Crippen LogP contribution in [0.4, 0.5) is 13.2 Å². The molecule has 0 spiro atoms. The molecule has 0 aliphatic carbocycles.